The van der Waals surface area contributed by atoms with Gasteiger partial charge in [-0.15, -0.1) is 0 Å². The molecule has 2 amide bonds. The van der Waals surface area contributed by atoms with E-state index < -0.39 is 5.66 Å². The fraction of sp³-hybridized carbons (Fsp3) is 0.310. The van der Waals surface area contributed by atoms with Crippen LogP contribution in [0.2, 0.25) is 5.02 Å². The lowest BCUT2D eigenvalue weighted by Crippen LogP contribution is -2.58. The molecule has 2 aliphatic heterocycles. The summed E-state index contributed by atoms with van der Waals surface area (Å²) >= 11 is 6.20. The lowest BCUT2D eigenvalue weighted by molar-refractivity contribution is -0.140. The maximum absolute atomic E-state index is 13.9. The Morgan fingerprint density at radius 1 is 0.971 bits per heavy atom. The SMILES string of the molecule is CCC(CC(=O)N1CCN2C(=O)c3ccccc3CC12c1ccc(Cl)cc1)Cc1ccccc1. The number of amides is 2. The average molecular weight is 473 g/mol. The van der Waals surface area contributed by atoms with E-state index in [0.29, 0.717) is 31.0 Å². The summed E-state index contributed by atoms with van der Waals surface area (Å²) in [5.41, 5.74) is 3.07. The number of fused-ring (bicyclic) bond motifs is 2. The molecule has 0 aliphatic carbocycles. The van der Waals surface area contributed by atoms with Gasteiger partial charge in [0.25, 0.3) is 5.91 Å². The minimum absolute atomic E-state index is 0.0107. The third kappa shape index (κ3) is 3.90. The van der Waals surface area contributed by atoms with Crippen molar-refractivity contribution in [2.24, 2.45) is 5.92 Å². The fourth-order valence-electron chi connectivity index (χ4n) is 5.60. The molecule has 34 heavy (non-hydrogen) atoms. The number of benzene rings is 3. The molecule has 0 saturated carbocycles. The zero-order valence-electron chi connectivity index (χ0n) is 19.4. The molecule has 1 saturated heterocycles. The van der Waals surface area contributed by atoms with Crippen LogP contribution in [0.5, 0.6) is 0 Å². The summed E-state index contributed by atoms with van der Waals surface area (Å²) in [7, 11) is 0. The molecule has 2 aliphatic rings. The first-order chi connectivity index (χ1) is 16.5. The van der Waals surface area contributed by atoms with Crippen molar-refractivity contribution in [2.75, 3.05) is 13.1 Å². The summed E-state index contributed by atoms with van der Waals surface area (Å²) in [6.07, 6.45) is 2.84. The topological polar surface area (TPSA) is 40.6 Å². The minimum Gasteiger partial charge on any atom is -0.313 e. The van der Waals surface area contributed by atoms with Crippen LogP contribution in [-0.4, -0.2) is 34.7 Å². The second-order valence-corrected chi connectivity index (χ2v) is 9.76. The largest absolute Gasteiger partial charge is 0.313 e. The van der Waals surface area contributed by atoms with Gasteiger partial charge in [0.15, 0.2) is 0 Å². The highest BCUT2D eigenvalue weighted by atomic mass is 35.5. The van der Waals surface area contributed by atoms with E-state index in [0.717, 1.165) is 29.5 Å². The lowest BCUT2D eigenvalue weighted by atomic mass is 9.83. The molecule has 4 nitrogen and oxygen atoms in total. The van der Waals surface area contributed by atoms with Gasteiger partial charge >= 0.3 is 0 Å². The van der Waals surface area contributed by atoms with Crippen LogP contribution >= 0.6 is 11.6 Å². The Bertz CT molecular complexity index is 1190. The number of carbonyl (C=O) groups excluding carboxylic acids is 2. The molecular formula is C29H29ClN2O2. The van der Waals surface area contributed by atoms with Gasteiger partial charge in [-0.1, -0.05) is 85.6 Å². The van der Waals surface area contributed by atoms with Gasteiger partial charge in [0.05, 0.1) is 0 Å². The average Bonchev–Trinajstić information content (AvgIpc) is 3.25. The predicted octanol–water partition coefficient (Wildman–Crippen LogP) is 5.69. The number of carbonyl (C=O) groups is 2. The van der Waals surface area contributed by atoms with Crippen LogP contribution in [0.25, 0.3) is 0 Å². The van der Waals surface area contributed by atoms with E-state index in [1.807, 2.05) is 76.5 Å². The van der Waals surface area contributed by atoms with Crippen LogP contribution in [-0.2, 0) is 23.3 Å². The molecule has 0 N–H and O–H groups in total. The number of rotatable bonds is 6. The van der Waals surface area contributed by atoms with Crippen molar-refractivity contribution >= 4 is 23.4 Å². The van der Waals surface area contributed by atoms with E-state index in [2.05, 4.69) is 19.1 Å². The highest BCUT2D eigenvalue weighted by Gasteiger charge is 2.55. The molecule has 0 bridgehead atoms. The summed E-state index contributed by atoms with van der Waals surface area (Å²) in [6, 6.07) is 25.7. The zero-order valence-corrected chi connectivity index (χ0v) is 20.2. The summed E-state index contributed by atoms with van der Waals surface area (Å²) in [5.74, 6) is 0.341. The molecule has 2 unspecified atom stereocenters. The molecule has 174 valence electrons. The molecule has 5 rings (SSSR count). The Morgan fingerprint density at radius 3 is 2.41 bits per heavy atom. The second kappa shape index (κ2) is 9.27. The van der Waals surface area contributed by atoms with Gasteiger partial charge in [-0.2, -0.15) is 0 Å². The van der Waals surface area contributed by atoms with Gasteiger partial charge in [0.2, 0.25) is 5.91 Å². The van der Waals surface area contributed by atoms with E-state index in [1.165, 1.54) is 5.56 Å². The first-order valence-electron chi connectivity index (χ1n) is 12.0. The van der Waals surface area contributed by atoms with E-state index in [9.17, 15) is 9.59 Å². The van der Waals surface area contributed by atoms with Crippen molar-refractivity contribution in [3.8, 4) is 0 Å². The molecule has 3 aromatic carbocycles. The van der Waals surface area contributed by atoms with E-state index >= 15 is 0 Å². The zero-order chi connectivity index (χ0) is 23.7. The lowest BCUT2D eigenvalue weighted by Gasteiger charge is -2.47. The van der Waals surface area contributed by atoms with Crippen molar-refractivity contribution < 1.29 is 9.59 Å². The van der Waals surface area contributed by atoms with Crippen LogP contribution < -0.4 is 0 Å². The molecule has 3 aromatic rings. The Balaban J connectivity index is 1.51. The molecule has 2 heterocycles. The summed E-state index contributed by atoms with van der Waals surface area (Å²) in [5, 5.41) is 0.638. The maximum Gasteiger partial charge on any atom is 0.256 e. The summed E-state index contributed by atoms with van der Waals surface area (Å²) in [6.45, 7) is 3.20. The molecule has 0 aromatic heterocycles. The van der Waals surface area contributed by atoms with Gasteiger partial charge in [0, 0.05) is 36.5 Å². The molecular weight excluding hydrogens is 444 g/mol. The van der Waals surface area contributed by atoms with Gasteiger partial charge in [-0.3, -0.25) is 9.59 Å². The van der Waals surface area contributed by atoms with Crippen LogP contribution in [0.1, 0.15) is 46.8 Å². The third-order valence-corrected chi connectivity index (χ3v) is 7.64. The van der Waals surface area contributed by atoms with Gasteiger partial charge < -0.3 is 9.80 Å². The second-order valence-electron chi connectivity index (χ2n) is 9.33. The third-order valence-electron chi connectivity index (χ3n) is 7.39. The van der Waals surface area contributed by atoms with Crippen LogP contribution in [0, 0.1) is 5.92 Å². The van der Waals surface area contributed by atoms with Crippen LogP contribution in [0.15, 0.2) is 78.9 Å². The highest BCUT2D eigenvalue weighted by Crippen LogP contribution is 2.45. The van der Waals surface area contributed by atoms with Crippen molar-refractivity contribution in [3.63, 3.8) is 0 Å². The number of nitrogens with zero attached hydrogens (tertiary/aromatic N) is 2. The van der Waals surface area contributed by atoms with Gasteiger partial charge in [-0.25, -0.2) is 0 Å². The molecule has 0 spiro atoms. The van der Waals surface area contributed by atoms with Crippen molar-refractivity contribution in [1.82, 2.24) is 9.80 Å². The predicted molar refractivity (Wildman–Crippen MR) is 135 cm³/mol. The standard InChI is InChI=1S/C29H29ClN2O2/c1-2-21(18-22-8-4-3-5-9-22)19-27(33)31-16-17-32-28(34)26-11-7-6-10-23(26)20-29(31,32)24-12-14-25(30)15-13-24/h3-15,21H,2,16-20H2,1H3. The van der Waals surface area contributed by atoms with E-state index in [-0.39, 0.29) is 17.7 Å². The summed E-state index contributed by atoms with van der Waals surface area (Å²) < 4.78 is 0. The first kappa shape index (κ1) is 22.7. The Kier molecular flexibility index (Phi) is 6.18. The Hall–Kier alpha value is -3.11. The monoisotopic (exact) mass is 472 g/mol. The molecule has 0 radical (unpaired) electrons. The normalized spacial score (nSPS) is 20.1. The summed E-state index contributed by atoms with van der Waals surface area (Å²) in [4.78, 5) is 31.3. The Morgan fingerprint density at radius 2 is 1.68 bits per heavy atom. The molecule has 1 fully saturated rings. The smallest absolute Gasteiger partial charge is 0.256 e. The fourth-order valence-corrected chi connectivity index (χ4v) is 5.72. The maximum atomic E-state index is 13.9. The van der Waals surface area contributed by atoms with E-state index in [1.54, 1.807) is 0 Å². The minimum atomic E-state index is -0.821. The van der Waals surface area contributed by atoms with Gasteiger partial charge in [0.1, 0.15) is 5.66 Å². The van der Waals surface area contributed by atoms with Crippen molar-refractivity contribution in [1.29, 1.82) is 0 Å². The number of hydrogen-bond acceptors (Lipinski definition) is 2. The van der Waals surface area contributed by atoms with E-state index in [4.69, 9.17) is 11.6 Å². The van der Waals surface area contributed by atoms with Crippen molar-refractivity contribution in [2.45, 2.75) is 38.3 Å². The van der Waals surface area contributed by atoms with Crippen molar-refractivity contribution in [3.05, 3.63) is 106 Å². The molecule has 2 atom stereocenters. The van der Waals surface area contributed by atoms with Crippen LogP contribution in [0.3, 0.4) is 0 Å². The van der Waals surface area contributed by atoms with Crippen LogP contribution in [0.4, 0.5) is 0 Å². The quantitative estimate of drug-likeness (QED) is 0.462. The van der Waals surface area contributed by atoms with Gasteiger partial charge in [-0.05, 0) is 47.2 Å². The first-order valence-corrected chi connectivity index (χ1v) is 12.4. The Labute approximate surface area is 206 Å². The highest BCUT2D eigenvalue weighted by molar-refractivity contribution is 6.30. The number of hydrogen-bond donors (Lipinski definition) is 0. The molecule has 5 heteroatoms. The number of halogens is 1.